The van der Waals surface area contributed by atoms with E-state index in [1.54, 1.807) is 31.4 Å². The van der Waals surface area contributed by atoms with E-state index in [-0.39, 0.29) is 17.4 Å². The molecule has 0 aromatic heterocycles. The minimum atomic E-state index is -0.785. The van der Waals surface area contributed by atoms with Gasteiger partial charge in [-0.2, -0.15) is 0 Å². The number of aliphatic hydroxyl groups is 1. The predicted octanol–water partition coefficient (Wildman–Crippen LogP) is 5.08. The Morgan fingerprint density at radius 3 is 2.58 bits per heavy atom. The smallest absolute Gasteiger partial charge is 0.295 e. The van der Waals surface area contributed by atoms with Crippen molar-refractivity contribution in [2.24, 2.45) is 0 Å². The molecule has 7 nitrogen and oxygen atoms in total. The van der Waals surface area contributed by atoms with Crippen LogP contribution < -0.4 is 14.2 Å². The van der Waals surface area contributed by atoms with Crippen LogP contribution in [0.4, 0.5) is 0 Å². The van der Waals surface area contributed by atoms with Crippen molar-refractivity contribution < 1.29 is 28.9 Å². The minimum Gasteiger partial charge on any atom is -0.507 e. The Balaban J connectivity index is 1.60. The number of likely N-dealkylation sites (tertiary alicyclic amines) is 1. The van der Waals surface area contributed by atoms with Crippen molar-refractivity contribution in [2.75, 3.05) is 20.3 Å². The van der Waals surface area contributed by atoms with Gasteiger partial charge in [0.15, 0.2) is 11.5 Å². The van der Waals surface area contributed by atoms with Gasteiger partial charge in [0.1, 0.15) is 17.6 Å². The van der Waals surface area contributed by atoms with E-state index >= 15 is 0 Å². The average Bonchev–Trinajstić information content (AvgIpc) is 3.43. The first kappa shape index (κ1) is 25.4. The molecule has 3 aromatic carbocycles. The molecule has 2 aliphatic rings. The molecule has 3 aromatic rings. The fraction of sp³-hybridized carbons (Fsp3) is 0.290. The summed E-state index contributed by atoms with van der Waals surface area (Å²) in [7, 11) is 1.54. The van der Waals surface area contributed by atoms with Gasteiger partial charge >= 0.3 is 0 Å². The molecule has 0 spiro atoms. The van der Waals surface area contributed by atoms with Gasteiger partial charge in [0.05, 0.1) is 25.3 Å². The van der Waals surface area contributed by atoms with Crippen LogP contribution in [0.25, 0.3) is 5.76 Å². The number of amides is 1. The number of methoxy groups -OCH3 is 1. The van der Waals surface area contributed by atoms with Crippen LogP contribution in [0, 0.1) is 0 Å². The van der Waals surface area contributed by atoms with Gasteiger partial charge in [-0.1, -0.05) is 36.4 Å². The highest BCUT2D eigenvalue weighted by Crippen LogP contribution is 2.42. The van der Waals surface area contributed by atoms with E-state index in [2.05, 4.69) is 0 Å². The van der Waals surface area contributed by atoms with Crippen LogP contribution in [0.2, 0.25) is 0 Å². The number of nitrogens with zero attached hydrogens (tertiary/aromatic N) is 1. The Morgan fingerprint density at radius 1 is 1.05 bits per heavy atom. The number of rotatable bonds is 8. The van der Waals surface area contributed by atoms with Crippen LogP contribution in [0.5, 0.6) is 17.2 Å². The first-order valence-corrected chi connectivity index (χ1v) is 12.8. The van der Waals surface area contributed by atoms with Crippen molar-refractivity contribution in [3.8, 4) is 17.2 Å². The summed E-state index contributed by atoms with van der Waals surface area (Å²) in [5, 5.41) is 11.5. The topological polar surface area (TPSA) is 85.3 Å². The summed E-state index contributed by atoms with van der Waals surface area (Å²) in [5.41, 5.74) is 3.19. The molecule has 38 heavy (non-hydrogen) atoms. The number of hydrogen-bond donors (Lipinski definition) is 1. The monoisotopic (exact) mass is 513 g/mol. The molecule has 1 amide bonds. The van der Waals surface area contributed by atoms with E-state index in [4.69, 9.17) is 14.2 Å². The summed E-state index contributed by atoms with van der Waals surface area (Å²) in [6.07, 6.45) is 1.32. The number of benzene rings is 3. The molecule has 2 aliphatic heterocycles. The van der Waals surface area contributed by atoms with E-state index in [1.807, 2.05) is 56.3 Å². The molecule has 5 rings (SSSR count). The van der Waals surface area contributed by atoms with Crippen molar-refractivity contribution in [1.82, 2.24) is 4.90 Å². The molecule has 1 saturated heterocycles. The Bertz CT molecular complexity index is 1400. The lowest BCUT2D eigenvalue weighted by Crippen LogP contribution is -2.31. The Labute approximate surface area is 222 Å². The van der Waals surface area contributed by atoms with Crippen LogP contribution in [0.3, 0.4) is 0 Å². The molecule has 1 N–H and O–H groups in total. The van der Waals surface area contributed by atoms with Gasteiger partial charge in [0, 0.05) is 18.5 Å². The highest BCUT2D eigenvalue weighted by molar-refractivity contribution is 6.46. The van der Waals surface area contributed by atoms with Crippen molar-refractivity contribution in [2.45, 2.75) is 38.8 Å². The minimum absolute atomic E-state index is 0.0438. The lowest BCUT2D eigenvalue weighted by molar-refractivity contribution is -0.139. The van der Waals surface area contributed by atoms with Gasteiger partial charge in [0.25, 0.3) is 11.7 Å². The van der Waals surface area contributed by atoms with Gasteiger partial charge < -0.3 is 24.2 Å². The molecule has 196 valence electrons. The quantitative estimate of drug-likeness (QED) is 0.257. The second-order valence-electron chi connectivity index (χ2n) is 9.53. The van der Waals surface area contributed by atoms with Crippen molar-refractivity contribution in [3.63, 3.8) is 0 Å². The zero-order valence-corrected chi connectivity index (χ0v) is 21.8. The summed E-state index contributed by atoms with van der Waals surface area (Å²) >= 11 is 0. The Hall–Kier alpha value is -4.26. The average molecular weight is 514 g/mol. The first-order valence-electron chi connectivity index (χ1n) is 12.8. The van der Waals surface area contributed by atoms with Crippen LogP contribution in [0.15, 0.2) is 72.3 Å². The number of ketones is 1. The third kappa shape index (κ3) is 4.72. The first-order chi connectivity index (χ1) is 18.4. The normalized spacial score (nSPS) is 19.8. The Morgan fingerprint density at radius 2 is 1.84 bits per heavy atom. The van der Waals surface area contributed by atoms with Gasteiger partial charge in [-0.3, -0.25) is 9.59 Å². The third-order valence-corrected chi connectivity index (χ3v) is 7.00. The molecular formula is C31H31NO6. The van der Waals surface area contributed by atoms with Gasteiger partial charge in [-0.15, -0.1) is 0 Å². The zero-order chi connectivity index (χ0) is 26.8. The van der Waals surface area contributed by atoms with Crippen LogP contribution in [-0.4, -0.2) is 48.1 Å². The summed E-state index contributed by atoms with van der Waals surface area (Å²) in [4.78, 5) is 28.3. The molecular weight excluding hydrogens is 482 g/mol. The second-order valence-corrected chi connectivity index (χ2v) is 9.53. The fourth-order valence-electron chi connectivity index (χ4n) is 5.21. The maximum atomic E-state index is 13.4. The summed E-state index contributed by atoms with van der Waals surface area (Å²) in [6.45, 7) is 4.64. The molecule has 0 bridgehead atoms. The molecule has 2 unspecified atom stereocenters. The molecule has 7 heteroatoms. The Kier molecular flexibility index (Phi) is 7.09. The number of carbonyl (C=O) groups is 2. The number of aliphatic hydroxyl groups excluding tert-OH is 1. The van der Waals surface area contributed by atoms with Gasteiger partial charge in [-0.05, 0) is 67.3 Å². The standard InChI is InChI=1S/C31H31NO6/c1-4-37-25-13-10-21(18-26(25)36-3)28-27(29(33)22-11-12-24-23(17-22)16-19(2)38-24)30(34)31(35)32(28)15-14-20-8-6-5-7-9-20/h5-13,17-19,28,33H,4,14-16H2,1-3H3/b29-27+. The number of Topliss-reactive ketones (excluding diaryl/α,β-unsaturated/α-hetero) is 1. The van der Waals surface area contributed by atoms with Crippen molar-refractivity contribution in [3.05, 3.63) is 94.6 Å². The van der Waals surface area contributed by atoms with Gasteiger partial charge in [-0.25, -0.2) is 0 Å². The van der Waals surface area contributed by atoms with E-state index < -0.39 is 17.7 Å². The maximum Gasteiger partial charge on any atom is 0.295 e. The highest BCUT2D eigenvalue weighted by Gasteiger charge is 2.46. The molecule has 0 saturated carbocycles. The van der Waals surface area contributed by atoms with Gasteiger partial charge in [0.2, 0.25) is 0 Å². The number of fused-ring (bicyclic) bond motifs is 1. The fourth-order valence-corrected chi connectivity index (χ4v) is 5.21. The maximum absolute atomic E-state index is 13.4. The number of hydrogen-bond acceptors (Lipinski definition) is 6. The van der Waals surface area contributed by atoms with Crippen LogP contribution in [0.1, 0.15) is 42.1 Å². The van der Waals surface area contributed by atoms with Crippen LogP contribution in [-0.2, 0) is 22.4 Å². The predicted molar refractivity (Wildman–Crippen MR) is 144 cm³/mol. The molecule has 2 heterocycles. The third-order valence-electron chi connectivity index (χ3n) is 7.00. The summed E-state index contributed by atoms with van der Waals surface area (Å²) in [6, 6.07) is 19.7. The highest BCUT2D eigenvalue weighted by atomic mass is 16.5. The lowest BCUT2D eigenvalue weighted by Gasteiger charge is -2.26. The van der Waals surface area contributed by atoms with Crippen molar-refractivity contribution in [1.29, 1.82) is 0 Å². The molecule has 0 aliphatic carbocycles. The van der Waals surface area contributed by atoms with E-state index in [0.29, 0.717) is 48.6 Å². The summed E-state index contributed by atoms with van der Waals surface area (Å²) < 4.78 is 17.0. The van der Waals surface area contributed by atoms with E-state index in [9.17, 15) is 14.7 Å². The second kappa shape index (κ2) is 10.6. The lowest BCUT2D eigenvalue weighted by atomic mass is 9.94. The molecule has 1 fully saturated rings. The van der Waals surface area contributed by atoms with E-state index in [1.165, 1.54) is 4.90 Å². The van der Waals surface area contributed by atoms with E-state index in [0.717, 1.165) is 16.9 Å². The summed E-state index contributed by atoms with van der Waals surface area (Å²) in [5.74, 6) is 0.266. The number of carbonyl (C=O) groups excluding carboxylic acids is 2. The van der Waals surface area contributed by atoms with Crippen LogP contribution >= 0.6 is 0 Å². The molecule has 2 atom stereocenters. The zero-order valence-electron chi connectivity index (χ0n) is 21.8. The molecule has 0 radical (unpaired) electrons. The largest absolute Gasteiger partial charge is 0.507 e. The number of ether oxygens (including phenoxy) is 3. The SMILES string of the molecule is CCOc1ccc(C2/C(=C(\O)c3ccc4c(c3)CC(C)O4)C(=O)C(=O)N2CCc2ccccc2)cc1OC. The van der Waals surface area contributed by atoms with Crippen molar-refractivity contribution >= 4 is 17.4 Å².